The fraction of sp³-hybridized carbons (Fsp3) is 0.364. The van der Waals surface area contributed by atoms with Crippen molar-refractivity contribution >= 4 is 27.5 Å². The van der Waals surface area contributed by atoms with Crippen LogP contribution < -0.4 is 10.0 Å². The number of carbonyl (C=O) groups excluding carboxylic acids is 1. The van der Waals surface area contributed by atoms with E-state index in [1.54, 1.807) is 18.2 Å². The third-order valence-electron chi connectivity index (χ3n) is 2.73. The Morgan fingerprint density at radius 3 is 2.67 bits per heavy atom. The highest BCUT2D eigenvalue weighted by Crippen LogP contribution is 2.26. The first kappa shape index (κ1) is 12.8. The summed E-state index contributed by atoms with van der Waals surface area (Å²) in [5.41, 5.74) is 2.19. The molecule has 0 spiro atoms. The number of rotatable bonds is 3. The molecule has 0 aromatic heterocycles. The number of fused-ring (bicyclic) bond motifs is 1. The van der Waals surface area contributed by atoms with Gasteiger partial charge in [-0.1, -0.05) is 0 Å². The predicted molar refractivity (Wildman–Crippen MR) is 69.6 cm³/mol. The topological polar surface area (TPSA) is 78.5 Å². The number of nitrogens with zero attached hydrogens (tertiary/aromatic N) is 1. The van der Waals surface area contributed by atoms with Crippen molar-refractivity contribution in [2.75, 3.05) is 24.1 Å². The van der Waals surface area contributed by atoms with Crippen LogP contribution in [0.5, 0.6) is 0 Å². The summed E-state index contributed by atoms with van der Waals surface area (Å²) in [6.07, 6.45) is 1.05. The molecule has 0 bridgehead atoms. The zero-order chi connectivity index (χ0) is 13.3. The van der Waals surface area contributed by atoms with Gasteiger partial charge in [0, 0.05) is 26.2 Å². The van der Waals surface area contributed by atoms with Crippen molar-refractivity contribution in [1.82, 2.24) is 4.31 Å². The lowest BCUT2D eigenvalue weighted by Gasteiger charge is -2.19. The van der Waals surface area contributed by atoms with Crippen LogP contribution in [0.15, 0.2) is 18.2 Å². The second-order valence-corrected chi connectivity index (χ2v) is 6.19. The second kappa shape index (κ2) is 4.58. The number of amides is 1. The predicted octanol–water partition coefficient (Wildman–Crippen LogP) is 0.790. The van der Waals surface area contributed by atoms with Gasteiger partial charge in [-0.15, -0.1) is 0 Å². The molecule has 0 radical (unpaired) electrons. The lowest BCUT2D eigenvalue weighted by molar-refractivity contribution is -0.116. The minimum atomic E-state index is -3.49. The largest absolute Gasteiger partial charge is 0.326 e. The first-order chi connectivity index (χ1) is 8.38. The van der Waals surface area contributed by atoms with Gasteiger partial charge in [-0.3, -0.25) is 9.52 Å². The molecule has 18 heavy (non-hydrogen) atoms. The minimum absolute atomic E-state index is 0.0101. The summed E-state index contributed by atoms with van der Waals surface area (Å²) >= 11 is 0. The molecular formula is C11H15N3O3S. The van der Waals surface area contributed by atoms with Crippen LogP contribution in [-0.2, 0) is 21.4 Å². The summed E-state index contributed by atoms with van der Waals surface area (Å²) in [7, 11) is -0.574. The molecule has 7 heteroatoms. The van der Waals surface area contributed by atoms with E-state index in [1.165, 1.54) is 14.1 Å². The quantitative estimate of drug-likeness (QED) is 0.851. The molecule has 2 rings (SSSR count). The Morgan fingerprint density at radius 2 is 2.00 bits per heavy atom. The summed E-state index contributed by atoms with van der Waals surface area (Å²) in [5.74, 6) is -0.0101. The Hall–Kier alpha value is -1.60. The maximum atomic E-state index is 11.7. The van der Waals surface area contributed by atoms with E-state index in [2.05, 4.69) is 10.0 Å². The average Bonchev–Trinajstić information content (AvgIpc) is 2.28. The smallest absolute Gasteiger partial charge is 0.301 e. The van der Waals surface area contributed by atoms with Gasteiger partial charge in [0.2, 0.25) is 5.91 Å². The molecule has 98 valence electrons. The molecule has 0 saturated carbocycles. The van der Waals surface area contributed by atoms with Crippen molar-refractivity contribution in [1.29, 1.82) is 0 Å². The van der Waals surface area contributed by atoms with Crippen LogP contribution in [0.25, 0.3) is 0 Å². The Bertz CT molecular complexity index is 581. The van der Waals surface area contributed by atoms with Crippen molar-refractivity contribution < 1.29 is 13.2 Å². The minimum Gasteiger partial charge on any atom is -0.326 e. The van der Waals surface area contributed by atoms with Gasteiger partial charge in [0.1, 0.15) is 0 Å². The van der Waals surface area contributed by atoms with Gasteiger partial charge in [-0.05, 0) is 30.2 Å². The molecule has 1 aliphatic heterocycles. The maximum absolute atomic E-state index is 11.7. The van der Waals surface area contributed by atoms with E-state index >= 15 is 0 Å². The van der Waals surface area contributed by atoms with Gasteiger partial charge in [0.15, 0.2) is 0 Å². The average molecular weight is 269 g/mol. The number of aryl methyl sites for hydroxylation is 1. The Balaban J connectivity index is 2.25. The second-order valence-electron chi connectivity index (χ2n) is 4.31. The van der Waals surface area contributed by atoms with Gasteiger partial charge in [-0.25, -0.2) is 0 Å². The first-order valence-electron chi connectivity index (χ1n) is 5.51. The summed E-state index contributed by atoms with van der Waals surface area (Å²) in [5, 5.41) is 2.75. The highest BCUT2D eigenvalue weighted by molar-refractivity contribution is 7.90. The molecule has 0 unspecified atom stereocenters. The van der Waals surface area contributed by atoms with E-state index in [0.717, 1.165) is 15.6 Å². The summed E-state index contributed by atoms with van der Waals surface area (Å²) < 4.78 is 26.9. The normalized spacial score (nSPS) is 15.2. The zero-order valence-electron chi connectivity index (χ0n) is 10.2. The van der Waals surface area contributed by atoms with Crippen LogP contribution >= 0.6 is 0 Å². The van der Waals surface area contributed by atoms with Gasteiger partial charge in [-0.2, -0.15) is 12.7 Å². The SMILES string of the molecule is CN(C)S(=O)(=O)Nc1ccc2c(c1)CCC(=O)N2. The van der Waals surface area contributed by atoms with Crippen LogP contribution in [-0.4, -0.2) is 32.7 Å². The standard InChI is InChI=1S/C11H15N3O3S/c1-14(2)18(16,17)13-9-4-5-10-8(7-9)3-6-11(15)12-10/h4-5,7,13H,3,6H2,1-2H3,(H,12,15). The van der Waals surface area contributed by atoms with E-state index < -0.39 is 10.2 Å². The molecule has 1 aromatic carbocycles. The fourth-order valence-corrected chi connectivity index (χ4v) is 2.29. The van der Waals surface area contributed by atoms with E-state index in [-0.39, 0.29) is 5.91 Å². The number of benzene rings is 1. The van der Waals surface area contributed by atoms with E-state index in [9.17, 15) is 13.2 Å². The number of nitrogens with one attached hydrogen (secondary N) is 2. The van der Waals surface area contributed by atoms with Crippen LogP contribution in [0.1, 0.15) is 12.0 Å². The molecule has 0 atom stereocenters. The highest BCUT2D eigenvalue weighted by Gasteiger charge is 2.17. The third kappa shape index (κ3) is 2.62. The third-order valence-corrected chi connectivity index (χ3v) is 4.18. The summed E-state index contributed by atoms with van der Waals surface area (Å²) in [6, 6.07) is 5.08. The monoisotopic (exact) mass is 269 g/mol. The number of carbonyl (C=O) groups is 1. The lowest BCUT2D eigenvalue weighted by atomic mass is 10.0. The van der Waals surface area contributed by atoms with E-state index in [4.69, 9.17) is 0 Å². The van der Waals surface area contributed by atoms with Gasteiger partial charge >= 0.3 is 10.2 Å². The molecule has 0 aliphatic carbocycles. The lowest BCUT2D eigenvalue weighted by Crippen LogP contribution is -2.29. The molecule has 0 saturated heterocycles. The molecule has 2 N–H and O–H groups in total. The van der Waals surface area contributed by atoms with E-state index in [0.29, 0.717) is 18.5 Å². The molecule has 1 amide bonds. The number of anilines is 2. The Labute approximate surface area is 106 Å². The number of hydrogen-bond donors (Lipinski definition) is 2. The molecule has 1 heterocycles. The molecule has 1 aliphatic rings. The van der Waals surface area contributed by atoms with Gasteiger partial charge in [0.25, 0.3) is 0 Å². The fourth-order valence-electron chi connectivity index (χ4n) is 1.69. The summed E-state index contributed by atoms with van der Waals surface area (Å²) in [4.78, 5) is 11.2. The Kier molecular flexibility index (Phi) is 3.27. The van der Waals surface area contributed by atoms with Gasteiger partial charge < -0.3 is 5.32 Å². The van der Waals surface area contributed by atoms with Crippen molar-refractivity contribution in [2.45, 2.75) is 12.8 Å². The zero-order valence-corrected chi connectivity index (χ0v) is 11.0. The first-order valence-corrected chi connectivity index (χ1v) is 6.95. The maximum Gasteiger partial charge on any atom is 0.301 e. The molecule has 1 aromatic rings. The Morgan fingerprint density at radius 1 is 1.28 bits per heavy atom. The van der Waals surface area contributed by atoms with Crippen molar-refractivity contribution in [3.8, 4) is 0 Å². The van der Waals surface area contributed by atoms with Crippen molar-refractivity contribution in [3.05, 3.63) is 23.8 Å². The van der Waals surface area contributed by atoms with Crippen LogP contribution in [0.4, 0.5) is 11.4 Å². The molecular weight excluding hydrogens is 254 g/mol. The van der Waals surface area contributed by atoms with Crippen molar-refractivity contribution in [2.24, 2.45) is 0 Å². The van der Waals surface area contributed by atoms with Crippen LogP contribution in [0, 0.1) is 0 Å². The highest BCUT2D eigenvalue weighted by atomic mass is 32.2. The van der Waals surface area contributed by atoms with Gasteiger partial charge in [0.05, 0.1) is 5.69 Å². The van der Waals surface area contributed by atoms with Crippen molar-refractivity contribution in [3.63, 3.8) is 0 Å². The summed E-state index contributed by atoms with van der Waals surface area (Å²) in [6.45, 7) is 0. The van der Waals surface area contributed by atoms with Crippen LogP contribution in [0.3, 0.4) is 0 Å². The van der Waals surface area contributed by atoms with E-state index in [1.807, 2.05) is 0 Å². The molecule has 0 fully saturated rings. The van der Waals surface area contributed by atoms with Crippen LogP contribution in [0.2, 0.25) is 0 Å². The molecule has 6 nitrogen and oxygen atoms in total. The number of hydrogen-bond acceptors (Lipinski definition) is 3.